The van der Waals surface area contributed by atoms with Crippen molar-refractivity contribution in [3.05, 3.63) is 54.0 Å². The summed E-state index contributed by atoms with van der Waals surface area (Å²) in [7, 11) is 0. The lowest BCUT2D eigenvalue weighted by atomic mass is 10.2. The molecule has 7 nitrogen and oxygen atoms in total. The third-order valence-electron chi connectivity index (χ3n) is 6.06. The summed E-state index contributed by atoms with van der Waals surface area (Å²) in [5, 5.41) is 0. The molecule has 0 atom stereocenters. The van der Waals surface area contributed by atoms with Crippen molar-refractivity contribution >= 4 is 17.7 Å². The number of aromatic nitrogens is 4. The molecule has 4 heterocycles. The number of benzene rings is 1. The molecule has 178 valence electrons. The van der Waals surface area contributed by atoms with Crippen molar-refractivity contribution in [2.75, 3.05) is 54.0 Å². The number of piperazine rings is 1. The first-order valence-corrected chi connectivity index (χ1v) is 11.2. The summed E-state index contributed by atoms with van der Waals surface area (Å²) < 4.78 is 53.7. The average Bonchev–Trinajstić information content (AvgIpc) is 3.39. The van der Waals surface area contributed by atoms with E-state index in [1.165, 1.54) is 24.4 Å². The molecule has 0 unspecified atom stereocenters. The summed E-state index contributed by atoms with van der Waals surface area (Å²) in [6.07, 6.45) is -0.988. The summed E-state index contributed by atoms with van der Waals surface area (Å²) >= 11 is 0. The molecule has 34 heavy (non-hydrogen) atoms. The smallest absolute Gasteiger partial charge is 0.353 e. The Labute approximate surface area is 194 Å². The van der Waals surface area contributed by atoms with Gasteiger partial charge in [0, 0.05) is 51.0 Å². The van der Waals surface area contributed by atoms with Gasteiger partial charge in [-0.1, -0.05) is 0 Å². The molecule has 5 rings (SSSR count). The minimum Gasteiger partial charge on any atom is -0.353 e. The van der Waals surface area contributed by atoms with Crippen molar-refractivity contribution in [3.63, 3.8) is 0 Å². The minimum absolute atomic E-state index is 0.0601. The lowest BCUT2D eigenvalue weighted by Crippen LogP contribution is -2.48. The zero-order valence-electron chi connectivity index (χ0n) is 18.3. The molecule has 0 amide bonds. The highest BCUT2D eigenvalue weighted by Gasteiger charge is 2.36. The number of nitrogens with zero attached hydrogens (tertiary/aromatic N) is 7. The van der Waals surface area contributed by atoms with Crippen LogP contribution in [0.5, 0.6) is 0 Å². The van der Waals surface area contributed by atoms with Crippen molar-refractivity contribution in [2.24, 2.45) is 0 Å². The van der Waals surface area contributed by atoms with Crippen LogP contribution in [0.25, 0.3) is 11.4 Å². The molecule has 0 saturated carbocycles. The van der Waals surface area contributed by atoms with Crippen molar-refractivity contribution < 1.29 is 17.6 Å². The maximum atomic E-state index is 13.4. The second kappa shape index (κ2) is 9.03. The first-order valence-electron chi connectivity index (χ1n) is 11.2. The highest BCUT2D eigenvalue weighted by Crippen LogP contribution is 2.35. The van der Waals surface area contributed by atoms with Gasteiger partial charge in [0.05, 0.1) is 5.56 Å². The van der Waals surface area contributed by atoms with E-state index in [0.717, 1.165) is 32.0 Å². The molecule has 2 fully saturated rings. The van der Waals surface area contributed by atoms with Crippen molar-refractivity contribution in [1.29, 1.82) is 0 Å². The van der Waals surface area contributed by atoms with Gasteiger partial charge in [-0.05, 0) is 49.2 Å². The van der Waals surface area contributed by atoms with Crippen LogP contribution in [-0.2, 0) is 6.18 Å². The van der Waals surface area contributed by atoms with Gasteiger partial charge in [-0.3, -0.25) is 0 Å². The summed E-state index contributed by atoms with van der Waals surface area (Å²) in [5.74, 6) is 1.07. The second-order valence-corrected chi connectivity index (χ2v) is 8.31. The molecule has 2 aliphatic rings. The van der Waals surface area contributed by atoms with Crippen LogP contribution in [0.3, 0.4) is 0 Å². The molecule has 0 N–H and O–H groups in total. The molecule has 2 saturated heterocycles. The van der Waals surface area contributed by atoms with Crippen molar-refractivity contribution in [1.82, 2.24) is 19.9 Å². The predicted octanol–water partition coefficient (Wildman–Crippen LogP) is 4.02. The summed E-state index contributed by atoms with van der Waals surface area (Å²) in [6.45, 7) is 3.24. The SMILES string of the molecule is Fc1ccc(-c2nc(N3CCCC3)nc(N3CCN(c4ncccc4C(F)(F)F)CC3)n2)cc1. The average molecular weight is 473 g/mol. The molecule has 0 radical (unpaired) electrons. The summed E-state index contributed by atoms with van der Waals surface area (Å²) in [5.41, 5.74) is -0.0639. The van der Waals surface area contributed by atoms with Gasteiger partial charge in [0.2, 0.25) is 11.9 Å². The second-order valence-electron chi connectivity index (χ2n) is 8.31. The Morgan fingerprint density at radius 1 is 0.706 bits per heavy atom. The van der Waals surface area contributed by atoms with E-state index in [0.29, 0.717) is 49.5 Å². The van der Waals surface area contributed by atoms with Gasteiger partial charge in [-0.2, -0.15) is 28.1 Å². The topological polar surface area (TPSA) is 61.3 Å². The third-order valence-corrected chi connectivity index (χ3v) is 6.06. The first-order chi connectivity index (χ1) is 16.4. The van der Waals surface area contributed by atoms with E-state index in [-0.39, 0.29) is 11.6 Å². The Kier molecular flexibility index (Phi) is 5.93. The van der Waals surface area contributed by atoms with Crippen LogP contribution in [-0.4, -0.2) is 59.2 Å². The van der Waals surface area contributed by atoms with E-state index < -0.39 is 11.7 Å². The molecule has 0 spiro atoms. The summed E-state index contributed by atoms with van der Waals surface area (Å²) in [4.78, 5) is 23.6. The summed E-state index contributed by atoms with van der Waals surface area (Å²) in [6, 6.07) is 8.32. The van der Waals surface area contributed by atoms with Crippen LogP contribution in [0.2, 0.25) is 0 Å². The van der Waals surface area contributed by atoms with E-state index in [2.05, 4.69) is 24.8 Å². The third kappa shape index (κ3) is 4.59. The van der Waals surface area contributed by atoms with E-state index in [1.807, 2.05) is 4.90 Å². The van der Waals surface area contributed by atoms with Gasteiger partial charge in [0.25, 0.3) is 0 Å². The molecule has 3 aromatic rings. The highest BCUT2D eigenvalue weighted by molar-refractivity contribution is 5.59. The number of hydrogen-bond donors (Lipinski definition) is 0. The van der Waals surface area contributed by atoms with Crippen LogP contribution < -0.4 is 14.7 Å². The van der Waals surface area contributed by atoms with Gasteiger partial charge in [-0.15, -0.1) is 0 Å². The number of anilines is 3. The van der Waals surface area contributed by atoms with Crippen molar-refractivity contribution in [3.8, 4) is 11.4 Å². The van der Waals surface area contributed by atoms with Gasteiger partial charge in [0.15, 0.2) is 5.82 Å². The number of hydrogen-bond acceptors (Lipinski definition) is 7. The van der Waals surface area contributed by atoms with Crippen LogP contribution in [0.1, 0.15) is 18.4 Å². The number of alkyl halides is 3. The Hall–Kier alpha value is -3.50. The van der Waals surface area contributed by atoms with Gasteiger partial charge < -0.3 is 14.7 Å². The lowest BCUT2D eigenvalue weighted by molar-refractivity contribution is -0.137. The normalized spacial score (nSPS) is 16.9. The zero-order valence-corrected chi connectivity index (χ0v) is 18.3. The fourth-order valence-electron chi connectivity index (χ4n) is 4.27. The van der Waals surface area contributed by atoms with Gasteiger partial charge in [0.1, 0.15) is 11.6 Å². The van der Waals surface area contributed by atoms with Crippen molar-refractivity contribution in [2.45, 2.75) is 19.0 Å². The fraction of sp³-hybridized carbons (Fsp3) is 0.391. The molecule has 2 aromatic heterocycles. The quantitative estimate of drug-likeness (QED) is 0.531. The Balaban J connectivity index is 1.41. The first kappa shape index (κ1) is 22.3. The molecule has 0 bridgehead atoms. The number of pyridine rings is 1. The lowest BCUT2D eigenvalue weighted by Gasteiger charge is -2.36. The zero-order chi connectivity index (χ0) is 23.7. The highest BCUT2D eigenvalue weighted by atomic mass is 19.4. The van der Waals surface area contributed by atoms with Crippen LogP contribution in [0.15, 0.2) is 42.6 Å². The van der Waals surface area contributed by atoms with E-state index in [9.17, 15) is 17.6 Å². The Morgan fingerprint density at radius 3 is 1.91 bits per heavy atom. The maximum absolute atomic E-state index is 13.4. The maximum Gasteiger partial charge on any atom is 0.419 e. The number of halogens is 4. The van der Waals surface area contributed by atoms with E-state index in [1.54, 1.807) is 17.0 Å². The minimum atomic E-state index is -4.47. The van der Waals surface area contributed by atoms with Crippen LogP contribution in [0.4, 0.5) is 35.3 Å². The standard InChI is InChI=1S/C23H23F4N7/c24-17-7-5-16(6-8-17)19-29-21(33-10-1-2-11-33)31-22(30-19)34-14-12-32(13-15-34)20-18(23(25,26)27)4-3-9-28-20/h3-9H,1-2,10-15H2. The van der Waals surface area contributed by atoms with E-state index >= 15 is 0 Å². The van der Waals surface area contributed by atoms with Gasteiger partial charge in [-0.25, -0.2) is 9.37 Å². The predicted molar refractivity (Wildman–Crippen MR) is 120 cm³/mol. The Bertz CT molecular complexity index is 1140. The molecule has 0 aliphatic carbocycles. The van der Waals surface area contributed by atoms with Crippen LogP contribution in [0, 0.1) is 5.82 Å². The molecule has 2 aliphatic heterocycles. The molecule has 11 heteroatoms. The van der Waals surface area contributed by atoms with Gasteiger partial charge >= 0.3 is 6.18 Å². The molecular formula is C23H23F4N7. The fourth-order valence-corrected chi connectivity index (χ4v) is 4.27. The largest absolute Gasteiger partial charge is 0.419 e. The Morgan fingerprint density at radius 2 is 1.29 bits per heavy atom. The molecular weight excluding hydrogens is 450 g/mol. The van der Waals surface area contributed by atoms with E-state index in [4.69, 9.17) is 0 Å². The van der Waals surface area contributed by atoms with Crippen LogP contribution >= 0.6 is 0 Å². The molecule has 1 aromatic carbocycles. The number of rotatable bonds is 4. The monoisotopic (exact) mass is 473 g/mol.